The van der Waals surface area contributed by atoms with Gasteiger partial charge in [-0.3, -0.25) is 24.0 Å². The summed E-state index contributed by atoms with van der Waals surface area (Å²) in [7, 11) is 0. The number of unbranched alkanes of at least 4 members (excludes halogenated alkanes) is 1. The SMILES string of the molecule is CCC(C)C(NC(=O)C(CCC(N)=O)NC(=O)C(N)CCCCN)C(=O)NC(CCC(N)=O)C(=O)O. The van der Waals surface area contributed by atoms with Crippen LogP contribution in [0.25, 0.3) is 0 Å². The monoisotopic (exact) mass is 515 g/mol. The number of amides is 5. The molecule has 0 spiro atoms. The molecule has 14 heteroatoms. The van der Waals surface area contributed by atoms with E-state index in [1.807, 2.05) is 0 Å². The molecule has 12 N–H and O–H groups in total. The molecule has 0 fully saturated rings. The van der Waals surface area contributed by atoms with Crippen molar-refractivity contribution in [1.82, 2.24) is 16.0 Å². The van der Waals surface area contributed by atoms with E-state index >= 15 is 0 Å². The highest BCUT2D eigenvalue weighted by Crippen LogP contribution is 2.11. The number of carboxylic acids is 1. The predicted molar refractivity (Wildman–Crippen MR) is 131 cm³/mol. The van der Waals surface area contributed by atoms with Gasteiger partial charge < -0.3 is 44.0 Å². The van der Waals surface area contributed by atoms with Gasteiger partial charge in [0.25, 0.3) is 0 Å². The van der Waals surface area contributed by atoms with Crippen LogP contribution in [0.2, 0.25) is 0 Å². The average Bonchev–Trinajstić information content (AvgIpc) is 2.81. The Kier molecular flexibility index (Phi) is 15.7. The Bertz CT molecular complexity index is 778. The van der Waals surface area contributed by atoms with Crippen molar-refractivity contribution in [2.75, 3.05) is 6.54 Å². The molecule has 36 heavy (non-hydrogen) atoms. The Balaban J connectivity index is 5.55. The van der Waals surface area contributed by atoms with Gasteiger partial charge in [0.2, 0.25) is 29.5 Å². The van der Waals surface area contributed by atoms with Crippen molar-refractivity contribution in [3.05, 3.63) is 0 Å². The van der Waals surface area contributed by atoms with Crippen LogP contribution in [0.4, 0.5) is 0 Å². The first kappa shape index (κ1) is 32.7. The second-order valence-electron chi connectivity index (χ2n) is 8.73. The third-order valence-electron chi connectivity index (χ3n) is 5.71. The van der Waals surface area contributed by atoms with E-state index in [2.05, 4.69) is 16.0 Å². The summed E-state index contributed by atoms with van der Waals surface area (Å²) in [6.07, 6.45) is 1.24. The number of hydrogen-bond donors (Lipinski definition) is 8. The maximum absolute atomic E-state index is 13.1. The van der Waals surface area contributed by atoms with E-state index in [0.29, 0.717) is 32.2 Å². The smallest absolute Gasteiger partial charge is 0.326 e. The quantitative estimate of drug-likeness (QED) is 0.0848. The lowest BCUT2D eigenvalue weighted by atomic mass is 9.96. The number of nitrogens with two attached hydrogens (primary N) is 4. The molecule has 0 rings (SSSR count). The molecule has 0 aliphatic heterocycles. The van der Waals surface area contributed by atoms with Crippen LogP contribution in [0.1, 0.15) is 65.2 Å². The van der Waals surface area contributed by atoms with Crippen molar-refractivity contribution in [1.29, 1.82) is 0 Å². The van der Waals surface area contributed by atoms with Gasteiger partial charge in [-0.05, 0) is 38.1 Å². The minimum absolute atomic E-state index is 0.131. The van der Waals surface area contributed by atoms with Gasteiger partial charge >= 0.3 is 5.97 Å². The zero-order valence-corrected chi connectivity index (χ0v) is 21.0. The first-order chi connectivity index (χ1) is 16.8. The van der Waals surface area contributed by atoms with Crippen molar-refractivity contribution in [3.63, 3.8) is 0 Å². The molecule has 0 aromatic rings. The Hall–Kier alpha value is -3.26. The second kappa shape index (κ2) is 17.2. The Morgan fingerprint density at radius 2 is 1.31 bits per heavy atom. The summed E-state index contributed by atoms with van der Waals surface area (Å²) in [6.45, 7) is 3.89. The highest BCUT2D eigenvalue weighted by Gasteiger charge is 2.32. The second-order valence-corrected chi connectivity index (χ2v) is 8.73. The van der Waals surface area contributed by atoms with Crippen molar-refractivity contribution in [2.45, 2.75) is 89.4 Å². The lowest BCUT2D eigenvalue weighted by molar-refractivity contribution is -0.143. The van der Waals surface area contributed by atoms with E-state index in [0.717, 1.165) is 0 Å². The van der Waals surface area contributed by atoms with Crippen LogP contribution in [0.3, 0.4) is 0 Å². The molecule has 14 nitrogen and oxygen atoms in total. The highest BCUT2D eigenvalue weighted by atomic mass is 16.4. The van der Waals surface area contributed by atoms with Crippen LogP contribution >= 0.6 is 0 Å². The topological polar surface area (TPSA) is 263 Å². The standard InChI is InChI=1S/C22H41N7O7/c1-3-12(2)18(21(34)28-15(22(35)36)8-10-17(26)31)29-20(33)14(7-9-16(25)30)27-19(32)13(24)6-4-5-11-23/h12-15,18H,3-11,23-24H2,1-2H3,(H2,25,30)(H2,26,31)(H,27,32)(H,28,34)(H,29,33)(H,35,36). The summed E-state index contributed by atoms with van der Waals surface area (Å²) >= 11 is 0. The van der Waals surface area contributed by atoms with E-state index < -0.39 is 65.6 Å². The van der Waals surface area contributed by atoms with Crippen LogP contribution < -0.4 is 38.9 Å². The van der Waals surface area contributed by atoms with Gasteiger partial charge in [-0.15, -0.1) is 0 Å². The first-order valence-corrected chi connectivity index (χ1v) is 12.0. The molecule has 5 amide bonds. The largest absolute Gasteiger partial charge is 0.480 e. The van der Waals surface area contributed by atoms with Crippen molar-refractivity contribution >= 4 is 35.5 Å². The number of hydrogen-bond acceptors (Lipinski definition) is 8. The molecular formula is C22H41N7O7. The molecular weight excluding hydrogens is 474 g/mol. The van der Waals surface area contributed by atoms with Gasteiger partial charge in [-0.2, -0.15) is 0 Å². The average molecular weight is 516 g/mol. The van der Waals surface area contributed by atoms with Crippen LogP contribution in [-0.4, -0.2) is 71.3 Å². The molecule has 0 radical (unpaired) electrons. The van der Waals surface area contributed by atoms with Gasteiger partial charge in [0, 0.05) is 12.8 Å². The number of carbonyl (C=O) groups is 6. The zero-order valence-electron chi connectivity index (χ0n) is 21.0. The Labute approximate surface area is 210 Å². The normalized spacial score (nSPS) is 15.0. The fourth-order valence-corrected chi connectivity index (χ4v) is 3.24. The molecule has 0 aliphatic rings. The molecule has 0 aromatic carbocycles. The fourth-order valence-electron chi connectivity index (χ4n) is 3.24. The highest BCUT2D eigenvalue weighted by molar-refractivity contribution is 5.94. The van der Waals surface area contributed by atoms with E-state index in [9.17, 15) is 33.9 Å². The van der Waals surface area contributed by atoms with E-state index in [-0.39, 0.29) is 25.7 Å². The van der Waals surface area contributed by atoms with Crippen molar-refractivity contribution in [3.8, 4) is 0 Å². The summed E-state index contributed by atoms with van der Waals surface area (Å²) in [5.74, 6) is -5.37. The minimum atomic E-state index is -1.40. The third kappa shape index (κ3) is 13.0. The van der Waals surface area contributed by atoms with Crippen LogP contribution in [-0.2, 0) is 28.8 Å². The number of primary amides is 2. The lowest BCUT2D eigenvalue weighted by Crippen LogP contribution is -2.58. The molecule has 0 aromatic heterocycles. The van der Waals surface area contributed by atoms with E-state index in [1.165, 1.54) is 0 Å². The number of aliphatic carboxylic acids is 1. The summed E-state index contributed by atoms with van der Waals surface area (Å²) in [5, 5.41) is 16.7. The number of carboxylic acid groups (broad SMARTS) is 1. The van der Waals surface area contributed by atoms with Crippen LogP contribution in [0.5, 0.6) is 0 Å². The first-order valence-electron chi connectivity index (χ1n) is 12.0. The number of nitrogens with one attached hydrogen (secondary N) is 3. The van der Waals surface area contributed by atoms with Gasteiger partial charge in [-0.25, -0.2) is 4.79 Å². The number of rotatable bonds is 19. The van der Waals surface area contributed by atoms with Gasteiger partial charge in [0.15, 0.2) is 0 Å². The molecule has 5 atom stereocenters. The molecule has 0 heterocycles. The van der Waals surface area contributed by atoms with Crippen LogP contribution in [0, 0.1) is 5.92 Å². The molecule has 0 bridgehead atoms. The van der Waals surface area contributed by atoms with Gasteiger partial charge in [0.05, 0.1) is 6.04 Å². The predicted octanol–water partition coefficient (Wildman–Crippen LogP) is -2.44. The molecule has 0 saturated carbocycles. The lowest BCUT2D eigenvalue weighted by Gasteiger charge is -2.28. The van der Waals surface area contributed by atoms with Crippen LogP contribution in [0.15, 0.2) is 0 Å². The molecule has 0 aliphatic carbocycles. The van der Waals surface area contributed by atoms with Crippen molar-refractivity contribution < 1.29 is 33.9 Å². The van der Waals surface area contributed by atoms with E-state index in [1.54, 1.807) is 13.8 Å². The summed E-state index contributed by atoms with van der Waals surface area (Å²) in [6, 6.07) is -4.68. The number of carbonyl (C=O) groups excluding carboxylic acids is 5. The molecule has 5 unspecified atom stereocenters. The summed E-state index contributed by atoms with van der Waals surface area (Å²) < 4.78 is 0. The van der Waals surface area contributed by atoms with Gasteiger partial charge in [0.1, 0.15) is 18.1 Å². The third-order valence-corrected chi connectivity index (χ3v) is 5.71. The Morgan fingerprint density at radius 1 is 0.778 bits per heavy atom. The minimum Gasteiger partial charge on any atom is -0.480 e. The van der Waals surface area contributed by atoms with E-state index in [4.69, 9.17) is 22.9 Å². The van der Waals surface area contributed by atoms with Crippen molar-refractivity contribution in [2.24, 2.45) is 28.9 Å². The maximum atomic E-state index is 13.1. The Morgan fingerprint density at radius 3 is 1.78 bits per heavy atom. The zero-order chi connectivity index (χ0) is 27.8. The molecule has 0 saturated heterocycles. The summed E-state index contributed by atoms with van der Waals surface area (Å²) in [4.78, 5) is 72.3. The maximum Gasteiger partial charge on any atom is 0.326 e. The summed E-state index contributed by atoms with van der Waals surface area (Å²) in [5.41, 5.74) is 21.6. The van der Waals surface area contributed by atoms with Gasteiger partial charge in [-0.1, -0.05) is 26.7 Å². The molecule has 206 valence electrons. The fraction of sp³-hybridized carbons (Fsp3) is 0.727.